The minimum atomic E-state index is -0.572. The normalized spacial score (nSPS) is 10.1. The van der Waals surface area contributed by atoms with Gasteiger partial charge in [-0.3, -0.25) is 0 Å². The molecule has 0 bridgehead atoms. The van der Waals surface area contributed by atoms with Gasteiger partial charge in [-0.1, -0.05) is 12.1 Å². The fourth-order valence-electron chi connectivity index (χ4n) is 1.21. The number of primary amides is 1. The Morgan fingerprint density at radius 3 is 2.94 bits per heavy atom. The number of benzene rings is 1. The Bertz CT molecular complexity index is 342. The van der Waals surface area contributed by atoms with Crippen LogP contribution in [0.3, 0.4) is 0 Å². The highest BCUT2D eigenvalue weighted by Crippen LogP contribution is 2.11. The second-order valence-corrected chi connectivity index (χ2v) is 3.24. The topological polar surface area (TPSA) is 73.6 Å². The van der Waals surface area contributed by atoms with E-state index in [-0.39, 0.29) is 0 Å². The van der Waals surface area contributed by atoms with Crippen molar-refractivity contribution in [1.82, 2.24) is 0 Å². The third kappa shape index (κ3) is 4.77. The van der Waals surface area contributed by atoms with Crippen LogP contribution in [0.25, 0.3) is 0 Å². The van der Waals surface area contributed by atoms with E-state index >= 15 is 0 Å². The minimum absolute atomic E-state index is 0.484. The van der Waals surface area contributed by atoms with E-state index in [9.17, 15) is 4.79 Å². The van der Waals surface area contributed by atoms with Gasteiger partial charge in [0.05, 0.1) is 19.8 Å². The molecule has 0 atom stereocenters. The van der Waals surface area contributed by atoms with Crippen LogP contribution in [-0.4, -0.2) is 26.4 Å². The number of hydrogen-bond donors (Lipinski definition) is 2. The molecule has 1 aromatic rings. The van der Waals surface area contributed by atoms with Gasteiger partial charge < -0.3 is 20.5 Å². The number of carbonyl (C=O) groups excluding carboxylic acids is 1. The molecule has 0 aromatic heterocycles. The van der Waals surface area contributed by atoms with Gasteiger partial charge in [-0.25, -0.2) is 4.79 Å². The van der Waals surface area contributed by atoms with Gasteiger partial charge in [-0.2, -0.15) is 0 Å². The first-order valence-electron chi connectivity index (χ1n) is 4.94. The van der Waals surface area contributed by atoms with Crippen LogP contribution in [0.15, 0.2) is 24.3 Å². The number of urea groups is 1. The summed E-state index contributed by atoms with van der Waals surface area (Å²) in [5.74, 6) is 0. The Balaban J connectivity index is 2.44. The molecule has 0 heterocycles. The fraction of sp³-hybridized carbons (Fsp3) is 0.364. The third-order valence-electron chi connectivity index (χ3n) is 1.90. The molecule has 0 aliphatic carbocycles. The average Bonchev–Trinajstić information content (AvgIpc) is 2.24. The summed E-state index contributed by atoms with van der Waals surface area (Å²) in [6.45, 7) is 1.60. The SMILES string of the molecule is COCCOCc1cccc(NC(N)=O)c1. The summed E-state index contributed by atoms with van der Waals surface area (Å²) in [4.78, 5) is 10.6. The van der Waals surface area contributed by atoms with Gasteiger partial charge in [0.1, 0.15) is 0 Å². The highest BCUT2D eigenvalue weighted by Gasteiger charge is 1.98. The van der Waals surface area contributed by atoms with Gasteiger partial charge in [0, 0.05) is 12.8 Å². The zero-order chi connectivity index (χ0) is 11.8. The molecule has 88 valence electrons. The van der Waals surface area contributed by atoms with Gasteiger partial charge in [0.25, 0.3) is 0 Å². The Labute approximate surface area is 94.5 Å². The maximum absolute atomic E-state index is 10.6. The number of methoxy groups -OCH3 is 1. The van der Waals surface area contributed by atoms with Crippen LogP contribution in [0, 0.1) is 0 Å². The summed E-state index contributed by atoms with van der Waals surface area (Å²) in [6.07, 6.45) is 0. The molecule has 0 aliphatic heterocycles. The summed E-state index contributed by atoms with van der Waals surface area (Å²) < 4.78 is 10.2. The van der Waals surface area contributed by atoms with Crippen molar-refractivity contribution in [3.63, 3.8) is 0 Å². The smallest absolute Gasteiger partial charge is 0.316 e. The van der Waals surface area contributed by atoms with E-state index < -0.39 is 6.03 Å². The fourth-order valence-corrected chi connectivity index (χ4v) is 1.21. The molecule has 3 N–H and O–H groups in total. The first-order chi connectivity index (χ1) is 7.72. The molecule has 2 amide bonds. The number of ether oxygens (including phenoxy) is 2. The average molecular weight is 224 g/mol. The maximum Gasteiger partial charge on any atom is 0.316 e. The maximum atomic E-state index is 10.6. The van der Waals surface area contributed by atoms with Gasteiger partial charge in [0.15, 0.2) is 0 Å². The van der Waals surface area contributed by atoms with Crippen molar-refractivity contribution in [2.75, 3.05) is 25.6 Å². The second kappa shape index (κ2) is 6.81. The molecular weight excluding hydrogens is 208 g/mol. The van der Waals surface area contributed by atoms with E-state index in [2.05, 4.69) is 5.32 Å². The lowest BCUT2D eigenvalue weighted by Gasteiger charge is -2.06. The molecule has 0 unspecified atom stereocenters. The molecule has 0 radical (unpaired) electrons. The zero-order valence-corrected chi connectivity index (χ0v) is 9.23. The van der Waals surface area contributed by atoms with Crippen molar-refractivity contribution in [2.45, 2.75) is 6.61 Å². The van der Waals surface area contributed by atoms with Crippen LogP contribution >= 0.6 is 0 Å². The number of hydrogen-bond acceptors (Lipinski definition) is 3. The number of nitrogens with two attached hydrogens (primary N) is 1. The lowest BCUT2D eigenvalue weighted by atomic mass is 10.2. The monoisotopic (exact) mass is 224 g/mol. The summed E-state index contributed by atoms with van der Waals surface area (Å²) in [7, 11) is 1.63. The molecule has 0 saturated carbocycles. The van der Waals surface area contributed by atoms with E-state index in [0.29, 0.717) is 25.5 Å². The molecule has 0 saturated heterocycles. The van der Waals surface area contributed by atoms with E-state index in [0.717, 1.165) is 5.56 Å². The first kappa shape index (κ1) is 12.5. The Morgan fingerprint density at radius 2 is 2.25 bits per heavy atom. The van der Waals surface area contributed by atoms with E-state index in [1.54, 1.807) is 13.2 Å². The lowest BCUT2D eigenvalue weighted by Crippen LogP contribution is -2.19. The van der Waals surface area contributed by atoms with Crippen LogP contribution in [-0.2, 0) is 16.1 Å². The predicted molar refractivity (Wildman–Crippen MR) is 61.2 cm³/mol. The van der Waals surface area contributed by atoms with Crippen LogP contribution < -0.4 is 11.1 Å². The molecular formula is C11H16N2O3. The van der Waals surface area contributed by atoms with Crippen molar-refractivity contribution in [1.29, 1.82) is 0 Å². The molecule has 0 spiro atoms. The first-order valence-corrected chi connectivity index (χ1v) is 4.94. The van der Waals surface area contributed by atoms with Crippen molar-refractivity contribution in [3.8, 4) is 0 Å². The van der Waals surface area contributed by atoms with Crippen molar-refractivity contribution in [2.24, 2.45) is 5.73 Å². The zero-order valence-electron chi connectivity index (χ0n) is 9.23. The summed E-state index contributed by atoms with van der Waals surface area (Å²) in [5, 5.41) is 2.51. The number of anilines is 1. The second-order valence-electron chi connectivity index (χ2n) is 3.24. The Hall–Kier alpha value is -1.59. The number of carbonyl (C=O) groups is 1. The molecule has 0 aliphatic rings. The van der Waals surface area contributed by atoms with E-state index in [1.165, 1.54) is 0 Å². The van der Waals surface area contributed by atoms with Crippen LogP contribution in [0.5, 0.6) is 0 Å². The van der Waals surface area contributed by atoms with E-state index in [4.69, 9.17) is 15.2 Å². The van der Waals surface area contributed by atoms with Crippen molar-refractivity contribution in [3.05, 3.63) is 29.8 Å². The van der Waals surface area contributed by atoms with Gasteiger partial charge in [0.2, 0.25) is 0 Å². The van der Waals surface area contributed by atoms with Crippen LogP contribution in [0.1, 0.15) is 5.56 Å². The van der Waals surface area contributed by atoms with Gasteiger partial charge in [-0.05, 0) is 17.7 Å². The molecule has 1 aromatic carbocycles. The number of nitrogens with one attached hydrogen (secondary N) is 1. The quantitative estimate of drug-likeness (QED) is 0.716. The van der Waals surface area contributed by atoms with Gasteiger partial charge in [-0.15, -0.1) is 0 Å². The number of rotatable bonds is 6. The standard InChI is InChI=1S/C11H16N2O3/c1-15-5-6-16-8-9-3-2-4-10(7-9)13-11(12)14/h2-4,7H,5-6,8H2,1H3,(H3,12,13,14). The third-order valence-corrected chi connectivity index (χ3v) is 1.90. The summed E-state index contributed by atoms with van der Waals surface area (Å²) >= 11 is 0. The molecule has 5 nitrogen and oxygen atoms in total. The largest absolute Gasteiger partial charge is 0.382 e. The molecule has 5 heteroatoms. The summed E-state index contributed by atoms with van der Waals surface area (Å²) in [5.41, 5.74) is 6.66. The van der Waals surface area contributed by atoms with Gasteiger partial charge >= 0.3 is 6.03 Å². The molecule has 1 rings (SSSR count). The van der Waals surface area contributed by atoms with Crippen LogP contribution in [0.4, 0.5) is 10.5 Å². The minimum Gasteiger partial charge on any atom is -0.382 e. The van der Waals surface area contributed by atoms with Crippen molar-refractivity contribution < 1.29 is 14.3 Å². The lowest BCUT2D eigenvalue weighted by molar-refractivity contribution is 0.0617. The predicted octanol–water partition coefficient (Wildman–Crippen LogP) is 1.34. The molecule has 16 heavy (non-hydrogen) atoms. The Kier molecular flexibility index (Phi) is 5.31. The highest BCUT2D eigenvalue weighted by molar-refractivity contribution is 5.87. The highest BCUT2D eigenvalue weighted by atomic mass is 16.5. The Morgan fingerprint density at radius 1 is 1.44 bits per heavy atom. The van der Waals surface area contributed by atoms with E-state index in [1.807, 2.05) is 18.2 Å². The molecule has 0 fully saturated rings. The summed E-state index contributed by atoms with van der Waals surface area (Å²) in [6, 6.07) is 6.76. The number of amides is 2. The van der Waals surface area contributed by atoms with Crippen molar-refractivity contribution >= 4 is 11.7 Å². The van der Waals surface area contributed by atoms with Crippen LogP contribution in [0.2, 0.25) is 0 Å².